The van der Waals surface area contributed by atoms with Crippen LogP contribution in [-0.4, -0.2) is 33.3 Å². The van der Waals surface area contributed by atoms with E-state index in [9.17, 15) is 9.59 Å². The molecule has 0 fully saturated rings. The molecule has 0 saturated heterocycles. The highest BCUT2D eigenvalue weighted by Gasteiger charge is 2.27. The number of carbonyl (C=O) groups excluding carboxylic acids is 2. The summed E-state index contributed by atoms with van der Waals surface area (Å²) in [6.07, 6.45) is 5.69. The van der Waals surface area contributed by atoms with Gasteiger partial charge in [-0.15, -0.1) is 0 Å². The molecular formula is C30H44ClN5O2. The van der Waals surface area contributed by atoms with Gasteiger partial charge < -0.3 is 20.0 Å². The number of unbranched alkanes of at least 4 members (excludes halogenated alkanes) is 2. The Kier molecular flexibility index (Phi) is 13.8. The fraction of sp³-hybridized carbons (Fsp3) is 0.467. The minimum Gasteiger partial charge on any atom is -0.364 e. The number of aromatic nitrogens is 3. The van der Waals surface area contributed by atoms with Crippen molar-refractivity contribution in [2.45, 2.75) is 80.8 Å². The van der Waals surface area contributed by atoms with Crippen molar-refractivity contribution in [3.8, 4) is 11.4 Å². The molecule has 208 valence electrons. The molecule has 1 aromatic carbocycles. The molecule has 3 aromatic rings. The fourth-order valence-corrected chi connectivity index (χ4v) is 3.91. The molecule has 0 aliphatic carbocycles. The lowest BCUT2D eigenvalue weighted by Crippen LogP contribution is -2.35. The number of aldehydes is 1. The summed E-state index contributed by atoms with van der Waals surface area (Å²) in [7, 11) is 0. The van der Waals surface area contributed by atoms with Crippen molar-refractivity contribution in [2.24, 2.45) is 11.1 Å². The van der Waals surface area contributed by atoms with E-state index < -0.39 is 5.91 Å². The zero-order valence-electron chi connectivity index (χ0n) is 22.7. The topological polar surface area (TPSA) is 94.1 Å². The maximum absolute atomic E-state index is 11.9. The maximum Gasteiger partial charge on any atom is 0.269 e. The molecule has 3 heterocycles. The van der Waals surface area contributed by atoms with Crippen LogP contribution in [0.4, 0.5) is 5.82 Å². The molecule has 0 saturated carbocycles. The molecule has 1 amide bonds. The van der Waals surface area contributed by atoms with Gasteiger partial charge in [-0.05, 0) is 17.5 Å². The smallest absolute Gasteiger partial charge is 0.269 e. The minimum absolute atomic E-state index is 0. The monoisotopic (exact) mass is 541 g/mol. The number of nitrogens with two attached hydrogens (primary N) is 1. The van der Waals surface area contributed by atoms with Crippen LogP contribution in [0.1, 0.15) is 83.9 Å². The van der Waals surface area contributed by atoms with Crippen molar-refractivity contribution in [2.75, 3.05) is 11.4 Å². The number of fused-ring (bicyclic) bond motifs is 1. The van der Waals surface area contributed by atoms with E-state index in [1.54, 1.807) is 6.07 Å². The second-order valence-corrected chi connectivity index (χ2v) is 10.5. The number of pyridine rings is 1. The van der Waals surface area contributed by atoms with E-state index in [1.165, 1.54) is 19.3 Å². The van der Waals surface area contributed by atoms with E-state index in [1.807, 2.05) is 63.2 Å². The lowest BCUT2D eigenvalue weighted by Gasteiger charge is -2.30. The van der Waals surface area contributed by atoms with Crippen molar-refractivity contribution in [1.82, 2.24) is 14.5 Å². The van der Waals surface area contributed by atoms with Gasteiger partial charge in [0.05, 0.1) is 12.2 Å². The molecule has 2 aromatic heterocycles. The van der Waals surface area contributed by atoms with Crippen LogP contribution in [0.3, 0.4) is 0 Å². The van der Waals surface area contributed by atoms with Gasteiger partial charge in [0.2, 0.25) is 0 Å². The molecule has 2 N–H and O–H groups in total. The van der Waals surface area contributed by atoms with E-state index in [4.69, 9.17) is 17.3 Å². The quantitative estimate of drug-likeness (QED) is 0.263. The normalized spacial score (nSPS) is 12.1. The highest BCUT2D eigenvalue weighted by Crippen LogP contribution is 2.28. The number of rotatable bonds is 6. The van der Waals surface area contributed by atoms with Crippen molar-refractivity contribution < 1.29 is 9.59 Å². The van der Waals surface area contributed by atoms with Crippen LogP contribution in [-0.2, 0) is 17.9 Å². The number of carbonyl (C=O) groups is 2. The predicted molar refractivity (Wildman–Crippen MR) is 159 cm³/mol. The molecule has 1 aliphatic rings. The Labute approximate surface area is 233 Å². The van der Waals surface area contributed by atoms with Crippen molar-refractivity contribution in [1.29, 1.82) is 0 Å². The number of primary amides is 1. The molecule has 0 atom stereocenters. The third-order valence-electron chi connectivity index (χ3n) is 5.70. The van der Waals surface area contributed by atoms with Crippen LogP contribution in [0, 0.1) is 5.41 Å². The number of hydrogen-bond acceptors (Lipinski definition) is 5. The van der Waals surface area contributed by atoms with Gasteiger partial charge in [0, 0.05) is 25.1 Å². The number of amides is 1. The maximum atomic E-state index is 11.9. The molecular weight excluding hydrogens is 498 g/mol. The molecule has 7 nitrogen and oxygen atoms in total. The van der Waals surface area contributed by atoms with Gasteiger partial charge in [0.25, 0.3) is 5.91 Å². The molecule has 4 rings (SSSR count). The lowest BCUT2D eigenvalue weighted by atomic mass is 9.93. The van der Waals surface area contributed by atoms with Crippen LogP contribution in [0.5, 0.6) is 0 Å². The number of benzene rings is 1. The first-order valence-corrected chi connectivity index (χ1v) is 13.2. The Bertz CT molecular complexity index is 1140. The number of nitrogens with zero attached hydrogens (tertiary/aromatic N) is 4. The largest absolute Gasteiger partial charge is 0.364 e. The zero-order valence-corrected chi connectivity index (χ0v) is 23.5. The SMILES string of the molecule is C.CC(C)(C)CC=O.CCCCC.NC(=O)c1nc(-c2ccccc2)n2c1CN(c1cccc(Cl)n1)CC2. The van der Waals surface area contributed by atoms with Gasteiger partial charge in [-0.25, -0.2) is 9.97 Å². The summed E-state index contributed by atoms with van der Waals surface area (Å²) in [5.74, 6) is 1.02. The highest BCUT2D eigenvalue weighted by atomic mass is 35.5. The van der Waals surface area contributed by atoms with E-state index in [2.05, 4.69) is 33.3 Å². The molecule has 8 heteroatoms. The van der Waals surface area contributed by atoms with E-state index in [-0.39, 0.29) is 12.8 Å². The predicted octanol–water partition coefficient (Wildman–Crippen LogP) is 7.17. The van der Waals surface area contributed by atoms with Gasteiger partial charge in [-0.3, -0.25) is 4.79 Å². The van der Waals surface area contributed by atoms with Gasteiger partial charge in [0.1, 0.15) is 23.1 Å². The van der Waals surface area contributed by atoms with Crippen molar-refractivity contribution in [3.63, 3.8) is 0 Å². The second-order valence-electron chi connectivity index (χ2n) is 10.1. The number of halogens is 1. The standard InChI is InChI=1S/C18H16ClN5O.C6H12O.C5H12.CH4/c19-14-7-4-8-15(21-14)23-9-10-24-13(11-23)16(17(20)25)22-18(24)12-5-2-1-3-6-12;1-6(2,3)4-5-7;1-3-5-4-2;/h1-8H,9-11H2,(H2,20,25);5H,4H2,1-3H3;3-5H2,1-2H3;1H4. The van der Waals surface area contributed by atoms with Crippen LogP contribution in [0.2, 0.25) is 5.15 Å². The van der Waals surface area contributed by atoms with Crippen LogP contribution >= 0.6 is 11.6 Å². The summed E-state index contributed by atoms with van der Waals surface area (Å²) in [6, 6.07) is 15.3. The molecule has 0 spiro atoms. The third kappa shape index (κ3) is 9.93. The van der Waals surface area contributed by atoms with E-state index >= 15 is 0 Å². The summed E-state index contributed by atoms with van der Waals surface area (Å²) in [4.78, 5) is 32.7. The average Bonchev–Trinajstić information content (AvgIpc) is 3.24. The highest BCUT2D eigenvalue weighted by molar-refractivity contribution is 6.29. The second kappa shape index (κ2) is 15.9. The summed E-state index contributed by atoms with van der Waals surface area (Å²) >= 11 is 6.00. The minimum atomic E-state index is -0.521. The third-order valence-corrected chi connectivity index (χ3v) is 5.91. The average molecular weight is 542 g/mol. The first kappa shape index (κ1) is 32.8. The van der Waals surface area contributed by atoms with Crippen LogP contribution in [0.25, 0.3) is 11.4 Å². The van der Waals surface area contributed by atoms with Crippen molar-refractivity contribution >= 4 is 29.6 Å². The van der Waals surface area contributed by atoms with E-state index in [0.717, 1.165) is 35.7 Å². The van der Waals surface area contributed by atoms with Gasteiger partial charge >= 0.3 is 0 Å². The lowest BCUT2D eigenvalue weighted by molar-refractivity contribution is -0.109. The number of hydrogen-bond donors (Lipinski definition) is 1. The first-order valence-electron chi connectivity index (χ1n) is 12.9. The van der Waals surface area contributed by atoms with Gasteiger partial charge in [0.15, 0.2) is 5.69 Å². The summed E-state index contributed by atoms with van der Waals surface area (Å²) in [6.45, 7) is 12.5. The Hall–Kier alpha value is -3.19. The number of anilines is 1. The van der Waals surface area contributed by atoms with Crippen molar-refractivity contribution in [3.05, 3.63) is 65.1 Å². The summed E-state index contributed by atoms with van der Waals surface area (Å²) in [5, 5.41) is 0.441. The molecule has 38 heavy (non-hydrogen) atoms. The first-order chi connectivity index (χ1) is 17.6. The molecule has 1 aliphatic heterocycles. The fourth-order valence-electron chi connectivity index (χ4n) is 3.75. The Morgan fingerprint density at radius 2 is 1.68 bits per heavy atom. The summed E-state index contributed by atoms with van der Waals surface area (Å²) < 4.78 is 2.07. The van der Waals surface area contributed by atoms with Crippen LogP contribution in [0.15, 0.2) is 48.5 Å². The summed E-state index contributed by atoms with van der Waals surface area (Å²) in [5.41, 5.74) is 7.83. The van der Waals surface area contributed by atoms with Gasteiger partial charge in [-0.2, -0.15) is 0 Å². The molecule has 0 unspecified atom stereocenters. The Balaban J connectivity index is 0.000000469. The zero-order chi connectivity index (χ0) is 27.4. The molecule has 0 bridgehead atoms. The number of imidazole rings is 1. The molecule has 0 radical (unpaired) electrons. The van der Waals surface area contributed by atoms with Gasteiger partial charge in [-0.1, -0.05) is 109 Å². The Morgan fingerprint density at radius 3 is 2.16 bits per heavy atom. The Morgan fingerprint density at radius 1 is 1.03 bits per heavy atom. The van der Waals surface area contributed by atoms with E-state index in [0.29, 0.717) is 30.4 Å². The van der Waals surface area contributed by atoms with Crippen LogP contribution < -0.4 is 10.6 Å².